The van der Waals surface area contributed by atoms with Gasteiger partial charge in [-0.15, -0.1) is 0 Å². The Morgan fingerprint density at radius 3 is 1.47 bits per heavy atom. The smallest absolute Gasteiger partial charge is 0.192 e. The standard InChI is InChI=1S/C12H11B.C2H7NO/c1-3-7-11(8-4-1)13-12-9-5-2-6-10-12;3-1-2-4/h1-10,13H;4H,1-3H2. The first-order valence-electron chi connectivity index (χ1n) is 5.75. The normalized spacial score (nSPS) is 9.06. The van der Waals surface area contributed by atoms with Gasteiger partial charge >= 0.3 is 0 Å². The summed E-state index contributed by atoms with van der Waals surface area (Å²) < 4.78 is 0. The summed E-state index contributed by atoms with van der Waals surface area (Å²) in [5, 5.41) is 7.75. The van der Waals surface area contributed by atoms with Gasteiger partial charge < -0.3 is 10.8 Å². The Balaban J connectivity index is 0.000000317. The molecule has 0 atom stereocenters. The molecule has 0 aliphatic carbocycles. The first-order valence-corrected chi connectivity index (χ1v) is 5.75. The summed E-state index contributed by atoms with van der Waals surface area (Å²) in [6.45, 7) is 0.472. The fourth-order valence-corrected chi connectivity index (χ4v) is 1.43. The van der Waals surface area contributed by atoms with E-state index in [0.717, 1.165) is 7.28 Å². The molecule has 2 nitrogen and oxygen atoms in total. The molecule has 0 spiro atoms. The summed E-state index contributed by atoms with van der Waals surface area (Å²) in [6, 6.07) is 21.1. The first-order chi connectivity index (χ1) is 8.36. The molecule has 0 aliphatic rings. The Bertz CT molecular complexity index is 352. The van der Waals surface area contributed by atoms with E-state index in [1.807, 2.05) is 0 Å². The number of rotatable bonds is 3. The highest BCUT2D eigenvalue weighted by atomic mass is 16.3. The van der Waals surface area contributed by atoms with Crippen LogP contribution in [0.4, 0.5) is 0 Å². The SMILES string of the molecule is B(c1ccccc1)c1ccccc1.NCCO. The van der Waals surface area contributed by atoms with Crippen LogP contribution >= 0.6 is 0 Å². The van der Waals surface area contributed by atoms with E-state index in [0.29, 0.717) is 6.54 Å². The zero-order valence-corrected chi connectivity index (χ0v) is 9.92. The Hall–Kier alpha value is -1.58. The van der Waals surface area contributed by atoms with Crippen LogP contribution in [0.1, 0.15) is 0 Å². The van der Waals surface area contributed by atoms with Crippen LogP contribution in [0.3, 0.4) is 0 Å². The third-order valence-corrected chi connectivity index (χ3v) is 2.22. The molecule has 0 unspecified atom stereocenters. The predicted molar refractivity (Wildman–Crippen MR) is 75.4 cm³/mol. The van der Waals surface area contributed by atoms with Gasteiger partial charge in [-0.1, -0.05) is 71.6 Å². The molecule has 0 fully saturated rings. The summed E-state index contributed by atoms with van der Waals surface area (Å²) in [6.07, 6.45) is 0. The summed E-state index contributed by atoms with van der Waals surface area (Å²) in [5.41, 5.74) is 7.52. The van der Waals surface area contributed by atoms with Crippen LogP contribution < -0.4 is 16.7 Å². The van der Waals surface area contributed by atoms with E-state index in [4.69, 9.17) is 10.8 Å². The molecular weight excluding hydrogens is 209 g/mol. The van der Waals surface area contributed by atoms with Crippen LogP contribution in [0, 0.1) is 0 Å². The van der Waals surface area contributed by atoms with Gasteiger partial charge in [0.15, 0.2) is 7.28 Å². The minimum atomic E-state index is 0.0972. The Morgan fingerprint density at radius 1 is 0.824 bits per heavy atom. The minimum absolute atomic E-state index is 0.0972. The molecule has 3 heteroatoms. The highest BCUT2D eigenvalue weighted by Crippen LogP contribution is 1.84. The predicted octanol–water partition coefficient (Wildman–Crippen LogP) is 0.0113. The second-order valence-electron chi connectivity index (χ2n) is 3.66. The lowest BCUT2D eigenvalue weighted by Gasteiger charge is -1.98. The third kappa shape index (κ3) is 5.90. The summed E-state index contributed by atoms with van der Waals surface area (Å²) >= 11 is 0. The molecular formula is C14H18BNO. The van der Waals surface area contributed by atoms with E-state index in [1.54, 1.807) is 0 Å². The number of nitrogens with two attached hydrogens (primary N) is 1. The van der Waals surface area contributed by atoms with Crippen LogP contribution in [-0.4, -0.2) is 25.5 Å². The molecule has 0 bridgehead atoms. The maximum atomic E-state index is 7.75. The van der Waals surface area contributed by atoms with Crippen molar-refractivity contribution in [1.29, 1.82) is 0 Å². The summed E-state index contributed by atoms with van der Waals surface area (Å²) in [7, 11) is 1.03. The first kappa shape index (κ1) is 13.5. The van der Waals surface area contributed by atoms with Crippen molar-refractivity contribution in [2.75, 3.05) is 13.2 Å². The van der Waals surface area contributed by atoms with Gasteiger partial charge in [-0.3, -0.25) is 0 Å². The van der Waals surface area contributed by atoms with Crippen molar-refractivity contribution < 1.29 is 5.11 Å². The van der Waals surface area contributed by atoms with Crippen molar-refractivity contribution in [3.63, 3.8) is 0 Å². The van der Waals surface area contributed by atoms with Gasteiger partial charge in [-0.05, 0) is 0 Å². The highest BCUT2D eigenvalue weighted by Gasteiger charge is 1.95. The topological polar surface area (TPSA) is 46.2 Å². The van der Waals surface area contributed by atoms with Crippen molar-refractivity contribution >= 4 is 18.2 Å². The van der Waals surface area contributed by atoms with Gasteiger partial charge in [-0.25, -0.2) is 0 Å². The van der Waals surface area contributed by atoms with Gasteiger partial charge in [0.1, 0.15) is 0 Å². The monoisotopic (exact) mass is 227 g/mol. The van der Waals surface area contributed by atoms with Crippen LogP contribution in [0.5, 0.6) is 0 Å². The molecule has 0 saturated carbocycles. The number of aliphatic hydroxyl groups excluding tert-OH is 1. The van der Waals surface area contributed by atoms with Crippen LogP contribution in [0.2, 0.25) is 0 Å². The van der Waals surface area contributed by atoms with E-state index < -0.39 is 0 Å². The Labute approximate surface area is 103 Å². The fraction of sp³-hybridized carbons (Fsp3) is 0.143. The molecule has 17 heavy (non-hydrogen) atoms. The molecule has 0 radical (unpaired) electrons. The number of benzene rings is 2. The Kier molecular flexibility index (Phi) is 6.79. The summed E-state index contributed by atoms with van der Waals surface area (Å²) in [4.78, 5) is 0. The molecule has 88 valence electrons. The lowest BCUT2D eigenvalue weighted by molar-refractivity contribution is 0.306. The van der Waals surface area contributed by atoms with Crippen molar-refractivity contribution in [3.05, 3.63) is 60.7 Å². The van der Waals surface area contributed by atoms with E-state index in [1.165, 1.54) is 10.9 Å². The van der Waals surface area contributed by atoms with E-state index in [9.17, 15) is 0 Å². The van der Waals surface area contributed by atoms with E-state index in [2.05, 4.69) is 60.7 Å². The lowest BCUT2D eigenvalue weighted by atomic mass is 9.64. The van der Waals surface area contributed by atoms with Crippen molar-refractivity contribution in [2.45, 2.75) is 0 Å². The quantitative estimate of drug-likeness (QED) is 0.725. The van der Waals surface area contributed by atoms with Gasteiger partial charge in [0.2, 0.25) is 0 Å². The molecule has 0 heterocycles. The van der Waals surface area contributed by atoms with Crippen LogP contribution in [0.15, 0.2) is 60.7 Å². The molecule has 0 saturated heterocycles. The van der Waals surface area contributed by atoms with Crippen LogP contribution in [-0.2, 0) is 0 Å². The lowest BCUT2D eigenvalue weighted by Crippen LogP contribution is -2.26. The number of hydrogen-bond acceptors (Lipinski definition) is 2. The van der Waals surface area contributed by atoms with E-state index in [-0.39, 0.29) is 6.61 Å². The van der Waals surface area contributed by atoms with E-state index >= 15 is 0 Å². The highest BCUT2D eigenvalue weighted by molar-refractivity contribution is 6.67. The van der Waals surface area contributed by atoms with Gasteiger partial charge in [0.05, 0.1) is 6.61 Å². The van der Waals surface area contributed by atoms with Gasteiger partial charge in [0, 0.05) is 6.54 Å². The molecule has 3 N–H and O–H groups in total. The second kappa shape index (κ2) is 8.56. The van der Waals surface area contributed by atoms with Gasteiger partial charge in [0.25, 0.3) is 0 Å². The molecule has 2 rings (SSSR count). The van der Waals surface area contributed by atoms with Crippen LogP contribution in [0.25, 0.3) is 0 Å². The Morgan fingerprint density at radius 2 is 1.18 bits per heavy atom. The van der Waals surface area contributed by atoms with Crippen molar-refractivity contribution in [3.8, 4) is 0 Å². The largest absolute Gasteiger partial charge is 0.395 e. The summed E-state index contributed by atoms with van der Waals surface area (Å²) in [5.74, 6) is 0. The average molecular weight is 227 g/mol. The minimum Gasteiger partial charge on any atom is -0.395 e. The number of hydrogen-bond donors (Lipinski definition) is 2. The fourth-order valence-electron chi connectivity index (χ4n) is 1.43. The van der Waals surface area contributed by atoms with Crippen molar-refractivity contribution in [1.82, 2.24) is 0 Å². The molecule has 2 aromatic rings. The zero-order valence-electron chi connectivity index (χ0n) is 9.92. The third-order valence-electron chi connectivity index (χ3n) is 2.22. The maximum absolute atomic E-state index is 7.75. The molecule has 2 aromatic carbocycles. The second-order valence-corrected chi connectivity index (χ2v) is 3.66. The zero-order chi connectivity index (χ0) is 12.3. The molecule has 0 amide bonds. The average Bonchev–Trinajstić information content (AvgIpc) is 2.41. The molecule has 0 aromatic heterocycles. The van der Waals surface area contributed by atoms with Crippen molar-refractivity contribution in [2.24, 2.45) is 5.73 Å². The maximum Gasteiger partial charge on any atom is 0.192 e. The molecule has 0 aliphatic heterocycles. The number of aliphatic hydroxyl groups is 1. The van der Waals surface area contributed by atoms with Gasteiger partial charge in [-0.2, -0.15) is 0 Å².